The van der Waals surface area contributed by atoms with Crippen LogP contribution in [0.1, 0.15) is 32.1 Å². The molecule has 156 valence electrons. The molecule has 0 spiro atoms. The van der Waals surface area contributed by atoms with Gasteiger partial charge in [0, 0.05) is 9.61 Å². The molecule has 1 atom stereocenters. The third-order valence-corrected chi connectivity index (χ3v) is 6.37. The second-order valence-electron chi connectivity index (χ2n) is 7.60. The van der Waals surface area contributed by atoms with Crippen molar-refractivity contribution in [2.75, 3.05) is 11.5 Å². The molecule has 0 radical (unpaired) electrons. The summed E-state index contributed by atoms with van der Waals surface area (Å²) in [5.74, 6) is -0.250. The van der Waals surface area contributed by atoms with Crippen LogP contribution in [0.15, 0.2) is 54.6 Å². The Labute approximate surface area is 189 Å². The van der Waals surface area contributed by atoms with Crippen LogP contribution in [0, 0.1) is 3.57 Å². The molecule has 1 heterocycles. The Morgan fingerprint density at radius 2 is 1.70 bits per heavy atom. The monoisotopic (exact) mass is 518 g/mol. The largest absolute Gasteiger partial charge is 0.484 e. The van der Waals surface area contributed by atoms with E-state index in [1.165, 1.54) is 4.90 Å². The highest BCUT2D eigenvalue weighted by molar-refractivity contribution is 14.1. The van der Waals surface area contributed by atoms with Crippen molar-refractivity contribution in [3.05, 3.63) is 58.2 Å². The summed E-state index contributed by atoms with van der Waals surface area (Å²) in [4.78, 5) is 42.0. The number of benzene rings is 2. The predicted octanol–water partition coefficient (Wildman–Crippen LogP) is 3.77. The maximum absolute atomic E-state index is 13.2. The first-order chi connectivity index (χ1) is 14.5. The first-order valence-electron chi connectivity index (χ1n) is 10.2. The fourth-order valence-corrected chi connectivity index (χ4v) is 4.60. The normalized spacial score (nSPS) is 19.4. The van der Waals surface area contributed by atoms with Crippen molar-refractivity contribution in [3.63, 3.8) is 0 Å². The molecule has 0 aromatic heterocycles. The van der Waals surface area contributed by atoms with Crippen LogP contribution in [0.5, 0.6) is 5.75 Å². The Kier molecular flexibility index (Phi) is 6.36. The Morgan fingerprint density at radius 3 is 2.37 bits per heavy atom. The Morgan fingerprint density at radius 1 is 1.03 bits per heavy atom. The van der Waals surface area contributed by atoms with E-state index in [2.05, 4.69) is 22.6 Å². The van der Waals surface area contributed by atoms with E-state index in [0.29, 0.717) is 11.4 Å². The number of anilines is 1. The molecule has 7 heteroatoms. The zero-order valence-electron chi connectivity index (χ0n) is 16.5. The number of carbonyl (C=O) groups excluding carboxylic acids is 3. The maximum Gasteiger partial charge on any atom is 0.261 e. The summed E-state index contributed by atoms with van der Waals surface area (Å²) >= 11 is 2.18. The zero-order valence-corrected chi connectivity index (χ0v) is 18.7. The topological polar surface area (TPSA) is 66.9 Å². The highest BCUT2D eigenvalue weighted by Crippen LogP contribution is 2.32. The molecule has 0 bridgehead atoms. The molecule has 1 aliphatic carbocycles. The number of para-hydroxylation sites is 1. The van der Waals surface area contributed by atoms with Crippen molar-refractivity contribution in [1.82, 2.24) is 4.90 Å². The van der Waals surface area contributed by atoms with Gasteiger partial charge in [-0.2, -0.15) is 0 Å². The number of carbonyl (C=O) groups is 3. The Balaban J connectivity index is 1.54. The van der Waals surface area contributed by atoms with E-state index in [4.69, 9.17) is 4.74 Å². The van der Waals surface area contributed by atoms with Gasteiger partial charge >= 0.3 is 0 Å². The average molecular weight is 518 g/mol. The van der Waals surface area contributed by atoms with Crippen molar-refractivity contribution in [1.29, 1.82) is 0 Å². The number of hydrogen-bond acceptors (Lipinski definition) is 4. The van der Waals surface area contributed by atoms with E-state index in [1.54, 1.807) is 29.2 Å². The molecule has 6 nitrogen and oxygen atoms in total. The molecule has 4 rings (SSSR count). The molecule has 0 N–H and O–H groups in total. The summed E-state index contributed by atoms with van der Waals surface area (Å²) in [6.45, 7) is -0.151. The lowest BCUT2D eigenvalue weighted by atomic mass is 10.1. The fourth-order valence-electron chi connectivity index (χ4n) is 4.25. The number of ether oxygens (including phenoxy) is 1. The standard InChI is InChI=1S/C23H23IN2O4/c24-16-10-12-18(13-11-16)26-21(27)14-20(23(26)29)25(17-6-4-5-7-17)22(28)15-30-19-8-2-1-3-9-19/h1-3,8-13,17,20H,4-7,14-15H2. The summed E-state index contributed by atoms with van der Waals surface area (Å²) in [6, 6.07) is 15.6. The van der Waals surface area contributed by atoms with Crippen molar-refractivity contribution < 1.29 is 19.1 Å². The number of amides is 3. The van der Waals surface area contributed by atoms with Crippen LogP contribution in [0.4, 0.5) is 5.69 Å². The quantitative estimate of drug-likeness (QED) is 0.432. The molecule has 30 heavy (non-hydrogen) atoms. The zero-order chi connectivity index (χ0) is 21.1. The Bertz CT molecular complexity index is 926. The highest BCUT2D eigenvalue weighted by atomic mass is 127. The first-order valence-corrected chi connectivity index (χ1v) is 11.2. The first kappa shape index (κ1) is 20.8. The van der Waals surface area contributed by atoms with Crippen molar-refractivity contribution in [3.8, 4) is 5.75 Å². The van der Waals surface area contributed by atoms with Crippen LogP contribution in [0.2, 0.25) is 0 Å². The second-order valence-corrected chi connectivity index (χ2v) is 8.85. The summed E-state index contributed by atoms with van der Waals surface area (Å²) in [5, 5.41) is 0. The summed E-state index contributed by atoms with van der Waals surface area (Å²) in [6.07, 6.45) is 3.74. The van der Waals surface area contributed by atoms with Gasteiger partial charge in [-0.15, -0.1) is 0 Å². The number of imide groups is 1. The van der Waals surface area contributed by atoms with Gasteiger partial charge in [0.05, 0.1) is 12.1 Å². The fraction of sp³-hybridized carbons (Fsp3) is 0.348. The smallest absolute Gasteiger partial charge is 0.261 e. The van der Waals surface area contributed by atoms with Crippen molar-refractivity contribution >= 4 is 46.0 Å². The van der Waals surface area contributed by atoms with Gasteiger partial charge in [-0.3, -0.25) is 14.4 Å². The maximum atomic E-state index is 13.2. The summed E-state index contributed by atoms with van der Waals surface area (Å²) in [5.41, 5.74) is 0.548. The molecule has 3 amide bonds. The van der Waals surface area contributed by atoms with E-state index >= 15 is 0 Å². The minimum Gasteiger partial charge on any atom is -0.484 e. The van der Waals surface area contributed by atoms with Crippen LogP contribution in [0.25, 0.3) is 0 Å². The van der Waals surface area contributed by atoms with Crippen molar-refractivity contribution in [2.24, 2.45) is 0 Å². The SMILES string of the molecule is O=C1CC(N(C(=O)COc2ccccc2)C2CCCC2)C(=O)N1c1ccc(I)cc1. The van der Waals surface area contributed by atoms with Gasteiger partial charge in [-0.25, -0.2) is 4.90 Å². The van der Waals surface area contributed by atoms with Gasteiger partial charge in [0.25, 0.3) is 11.8 Å². The minimum absolute atomic E-state index is 0.0123. The van der Waals surface area contributed by atoms with Crippen LogP contribution >= 0.6 is 22.6 Å². The molecular formula is C23H23IN2O4. The van der Waals surface area contributed by atoms with Crippen LogP contribution < -0.4 is 9.64 Å². The van der Waals surface area contributed by atoms with Gasteiger partial charge < -0.3 is 9.64 Å². The van der Waals surface area contributed by atoms with Crippen LogP contribution in [-0.2, 0) is 14.4 Å². The summed E-state index contributed by atoms with van der Waals surface area (Å²) < 4.78 is 6.67. The second kappa shape index (κ2) is 9.16. The molecule has 2 aromatic carbocycles. The molecule has 1 aliphatic heterocycles. The van der Waals surface area contributed by atoms with E-state index in [-0.39, 0.29) is 36.8 Å². The molecular weight excluding hydrogens is 495 g/mol. The molecule has 1 saturated carbocycles. The molecule has 1 saturated heterocycles. The lowest BCUT2D eigenvalue weighted by Gasteiger charge is -2.33. The Hall–Kier alpha value is -2.42. The number of rotatable bonds is 6. The third kappa shape index (κ3) is 4.35. The molecule has 2 aromatic rings. The van der Waals surface area contributed by atoms with Gasteiger partial charge in [0.2, 0.25) is 5.91 Å². The van der Waals surface area contributed by atoms with Gasteiger partial charge in [0.1, 0.15) is 11.8 Å². The number of nitrogens with zero attached hydrogens (tertiary/aromatic N) is 2. The van der Waals surface area contributed by atoms with Gasteiger partial charge in [-0.1, -0.05) is 31.0 Å². The summed E-state index contributed by atoms with van der Waals surface area (Å²) in [7, 11) is 0. The minimum atomic E-state index is -0.772. The molecule has 2 aliphatic rings. The van der Waals surface area contributed by atoms with Gasteiger partial charge in [-0.05, 0) is 71.8 Å². The lowest BCUT2D eigenvalue weighted by molar-refractivity contribution is -0.142. The predicted molar refractivity (Wildman–Crippen MR) is 121 cm³/mol. The third-order valence-electron chi connectivity index (χ3n) is 5.66. The lowest BCUT2D eigenvalue weighted by Crippen LogP contribution is -2.51. The number of halogens is 1. The van der Waals surface area contributed by atoms with E-state index in [1.807, 2.05) is 30.3 Å². The van der Waals surface area contributed by atoms with E-state index in [0.717, 1.165) is 29.3 Å². The molecule has 2 fully saturated rings. The van der Waals surface area contributed by atoms with Crippen LogP contribution in [0.3, 0.4) is 0 Å². The number of hydrogen-bond donors (Lipinski definition) is 0. The molecule has 1 unspecified atom stereocenters. The van der Waals surface area contributed by atoms with E-state index < -0.39 is 6.04 Å². The average Bonchev–Trinajstić information content (AvgIpc) is 3.37. The van der Waals surface area contributed by atoms with Crippen LogP contribution in [-0.4, -0.2) is 41.3 Å². The highest BCUT2D eigenvalue weighted by Gasteiger charge is 2.46. The van der Waals surface area contributed by atoms with E-state index in [9.17, 15) is 14.4 Å². The van der Waals surface area contributed by atoms with Gasteiger partial charge in [0.15, 0.2) is 6.61 Å². The van der Waals surface area contributed by atoms with Crippen molar-refractivity contribution in [2.45, 2.75) is 44.2 Å².